The van der Waals surface area contributed by atoms with Gasteiger partial charge in [0, 0.05) is 35.4 Å². The van der Waals surface area contributed by atoms with Crippen molar-refractivity contribution in [2.75, 3.05) is 32.1 Å². The molecule has 0 aromatic heterocycles. The average Bonchev–Trinajstić information content (AvgIpc) is 2.11. The fraction of sp³-hybridized carbons (Fsp3) is 1.00. The fourth-order valence-electron chi connectivity index (χ4n) is 0.670. The van der Waals surface area contributed by atoms with Crippen LogP contribution in [0.2, 0.25) is 0 Å². The molecule has 0 fully saturated rings. The van der Waals surface area contributed by atoms with Gasteiger partial charge in [0.25, 0.3) is 0 Å². The Kier molecular flexibility index (Phi) is 6.50. The minimum Gasteiger partial charge on any atom is -0.319 e. The largest absolute Gasteiger partial charge is 0.319 e. The molecule has 0 saturated heterocycles. The van der Waals surface area contributed by atoms with Crippen molar-refractivity contribution in [2.24, 2.45) is 0 Å². The molecule has 2 unspecified atom stereocenters. The van der Waals surface area contributed by atoms with Crippen LogP contribution < -0.4 is 10.0 Å². The second-order valence-electron chi connectivity index (χ2n) is 3.08. The summed E-state index contributed by atoms with van der Waals surface area (Å²) in [4.78, 5) is 0. The van der Waals surface area contributed by atoms with E-state index in [1.54, 1.807) is 20.2 Å². The monoisotopic (exact) mass is 242 g/mol. The van der Waals surface area contributed by atoms with Crippen LogP contribution in [0.1, 0.15) is 6.92 Å². The highest BCUT2D eigenvalue weighted by molar-refractivity contribution is 7.89. The lowest BCUT2D eigenvalue weighted by Crippen LogP contribution is -2.36. The fourth-order valence-corrected chi connectivity index (χ4v) is 2.21. The molecule has 0 spiro atoms. The summed E-state index contributed by atoms with van der Waals surface area (Å²) >= 11 is 0. The molecule has 0 heterocycles. The Labute approximate surface area is 88.2 Å². The molecule has 0 bridgehead atoms. The van der Waals surface area contributed by atoms with E-state index in [4.69, 9.17) is 0 Å². The van der Waals surface area contributed by atoms with E-state index < -0.39 is 20.8 Å². The summed E-state index contributed by atoms with van der Waals surface area (Å²) in [6, 6.07) is 0. The zero-order valence-corrected chi connectivity index (χ0v) is 10.4. The van der Waals surface area contributed by atoms with Crippen LogP contribution >= 0.6 is 0 Å². The highest BCUT2D eigenvalue weighted by Gasteiger charge is 2.12. The molecule has 0 aliphatic carbocycles. The van der Waals surface area contributed by atoms with Gasteiger partial charge in [-0.1, -0.05) is 0 Å². The Morgan fingerprint density at radius 2 is 2.00 bits per heavy atom. The summed E-state index contributed by atoms with van der Waals surface area (Å²) in [5, 5.41) is 2.60. The van der Waals surface area contributed by atoms with E-state index in [0.717, 1.165) is 0 Å². The zero-order valence-electron chi connectivity index (χ0n) is 8.74. The summed E-state index contributed by atoms with van der Waals surface area (Å²) < 4.78 is 35.9. The molecule has 0 aromatic rings. The molecule has 5 nitrogen and oxygen atoms in total. The molecule has 2 atom stereocenters. The first-order valence-electron chi connectivity index (χ1n) is 4.33. The maximum Gasteiger partial charge on any atom is 0.212 e. The zero-order chi connectivity index (χ0) is 11.2. The van der Waals surface area contributed by atoms with E-state index in [1.807, 2.05) is 0 Å². The lowest BCUT2D eigenvalue weighted by molar-refractivity contribution is 0.578. The van der Waals surface area contributed by atoms with Gasteiger partial charge in [0.15, 0.2) is 0 Å². The highest BCUT2D eigenvalue weighted by Crippen LogP contribution is 1.92. The van der Waals surface area contributed by atoms with E-state index in [0.29, 0.717) is 6.54 Å². The third-order valence-corrected chi connectivity index (χ3v) is 4.43. The van der Waals surface area contributed by atoms with E-state index >= 15 is 0 Å². The van der Waals surface area contributed by atoms with Crippen LogP contribution in [0.3, 0.4) is 0 Å². The van der Waals surface area contributed by atoms with Crippen molar-refractivity contribution in [3.8, 4) is 0 Å². The van der Waals surface area contributed by atoms with Gasteiger partial charge in [0.1, 0.15) is 0 Å². The van der Waals surface area contributed by atoms with Gasteiger partial charge in [-0.25, -0.2) is 13.1 Å². The molecule has 0 aliphatic rings. The maximum atomic E-state index is 11.3. The third-order valence-electron chi connectivity index (χ3n) is 1.78. The van der Waals surface area contributed by atoms with Gasteiger partial charge in [-0.3, -0.25) is 4.21 Å². The SMILES string of the molecule is CNCCS(=O)(=O)NCC(C)S(C)=O. The van der Waals surface area contributed by atoms with Crippen LogP contribution in [0.25, 0.3) is 0 Å². The topological polar surface area (TPSA) is 75.3 Å². The number of nitrogens with one attached hydrogen (secondary N) is 2. The highest BCUT2D eigenvalue weighted by atomic mass is 32.2. The third kappa shape index (κ3) is 6.47. The summed E-state index contributed by atoms with van der Waals surface area (Å²) in [6.45, 7) is 2.39. The minimum absolute atomic E-state index is 0.0482. The predicted molar refractivity (Wildman–Crippen MR) is 59.2 cm³/mol. The smallest absolute Gasteiger partial charge is 0.212 e. The standard InChI is InChI=1S/C7H18N2O3S2/c1-7(13(3)10)6-9-14(11,12)5-4-8-2/h7-9H,4-6H2,1-3H3. The molecule has 14 heavy (non-hydrogen) atoms. The van der Waals surface area contributed by atoms with Gasteiger partial charge in [-0.15, -0.1) is 0 Å². The van der Waals surface area contributed by atoms with E-state index in [1.165, 1.54) is 0 Å². The van der Waals surface area contributed by atoms with Gasteiger partial charge in [-0.05, 0) is 14.0 Å². The van der Waals surface area contributed by atoms with Gasteiger partial charge in [0.05, 0.1) is 5.75 Å². The van der Waals surface area contributed by atoms with Crippen LogP contribution in [0, 0.1) is 0 Å². The molecule has 2 N–H and O–H groups in total. The van der Waals surface area contributed by atoms with Crippen LogP contribution in [0.4, 0.5) is 0 Å². The van der Waals surface area contributed by atoms with Crippen LogP contribution in [0.15, 0.2) is 0 Å². The lowest BCUT2D eigenvalue weighted by Gasteiger charge is -2.10. The Bertz CT molecular complexity index is 277. The number of hydrogen-bond donors (Lipinski definition) is 2. The summed E-state index contributed by atoms with van der Waals surface area (Å²) in [5.41, 5.74) is 0. The first-order chi connectivity index (χ1) is 6.39. The predicted octanol–water partition coefficient (Wildman–Crippen LogP) is -1.11. The molecular formula is C7H18N2O3S2. The van der Waals surface area contributed by atoms with E-state index in [9.17, 15) is 12.6 Å². The molecule has 0 amide bonds. The Balaban J connectivity index is 3.93. The molecule has 0 aliphatic heterocycles. The van der Waals surface area contributed by atoms with Gasteiger partial charge in [-0.2, -0.15) is 0 Å². The molecule has 0 aromatic carbocycles. The average molecular weight is 242 g/mol. The van der Waals surface area contributed by atoms with E-state index in [2.05, 4.69) is 10.0 Å². The Hall–Kier alpha value is 0.0200. The summed E-state index contributed by atoms with van der Waals surface area (Å²) in [6.07, 6.45) is 1.56. The van der Waals surface area contributed by atoms with Crippen molar-refractivity contribution < 1.29 is 12.6 Å². The van der Waals surface area contributed by atoms with Gasteiger partial charge < -0.3 is 5.32 Å². The molecule has 7 heteroatoms. The lowest BCUT2D eigenvalue weighted by atomic mass is 10.5. The first kappa shape index (κ1) is 14.0. The number of rotatable bonds is 7. The Morgan fingerprint density at radius 1 is 1.43 bits per heavy atom. The molecular weight excluding hydrogens is 224 g/mol. The molecule has 0 saturated carbocycles. The maximum absolute atomic E-state index is 11.3. The second-order valence-corrected chi connectivity index (χ2v) is 6.81. The second kappa shape index (κ2) is 6.49. The summed E-state index contributed by atoms with van der Waals surface area (Å²) in [7, 11) is -2.52. The van der Waals surface area contributed by atoms with Crippen molar-refractivity contribution in [1.82, 2.24) is 10.0 Å². The van der Waals surface area contributed by atoms with Crippen molar-refractivity contribution in [1.29, 1.82) is 0 Å². The first-order valence-corrected chi connectivity index (χ1v) is 7.60. The van der Waals surface area contributed by atoms with Crippen molar-refractivity contribution >= 4 is 20.8 Å². The number of sulfonamides is 1. The quantitative estimate of drug-likeness (QED) is 0.594. The van der Waals surface area contributed by atoms with Crippen LogP contribution in [0.5, 0.6) is 0 Å². The summed E-state index contributed by atoms with van der Waals surface area (Å²) in [5.74, 6) is 0.0482. The van der Waals surface area contributed by atoms with Gasteiger partial charge in [0.2, 0.25) is 10.0 Å². The normalized spacial score (nSPS) is 16.5. The Morgan fingerprint density at radius 3 is 2.43 bits per heavy atom. The van der Waals surface area contributed by atoms with Crippen molar-refractivity contribution in [2.45, 2.75) is 12.2 Å². The minimum atomic E-state index is -3.22. The van der Waals surface area contributed by atoms with Crippen molar-refractivity contribution in [3.05, 3.63) is 0 Å². The molecule has 0 radical (unpaired) electrons. The van der Waals surface area contributed by atoms with E-state index in [-0.39, 0.29) is 17.5 Å². The number of hydrogen-bond acceptors (Lipinski definition) is 4. The van der Waals surface area contributed by atoms with Gasteiger partial charge >= 0.3 is 0 Å². The van der Waals surface area contributed by atoms with Crippen molar-refractivity contribution in [3.63, 3.8) is 0 Å². The molecule has 0 rings (SSSR count). The molecule has 86 valence electrons. The van der Waals surface area contributed by atoms with Crippen LogP contribution in [-0.4, -0.2) is 50.0 Å². The van der Waals surface area contributed by atoms with Crippen LogP contribution in [-0.2, 0) is 20.8 Å².